The molecule has 0 N–H and O–H groups in total. The highest BCUT2D eigenvalue weighted by Gasteiger charge is 2.36. The first-order chi connectivity index (χ1) is 11.7. The Morgan fingerprint density at radius 1 is 0.880 bits per heavy atom. The van der Waals surface area contributed by atoms with Gasteiger partial charge >= 0.3 is 7.60 Å². The van der Waals surface area contributed by atoms with E-state index >= 15 is 0 Å². The van der Waals surface area contributed by atoms with Gasteiger partial charge in [-0.25, -0.2) is 0 Å². The summed E-state index contributed by atoms with van der Waals surface area (Å²) in [4.78, 5) is 11.8. The molecule has 0 aromatic rings. The van der Waals surface area contributed by atoms with Gasteiger partial charge in [-0.05, 0) is 66.7 Å². The lowest BCUT2D eigenvalue weighted by atomic mass is 10.1. The zero-order chi connectivity index (χ0) is 19.5. The summed E-state index contributed by atoms with van der Waals surface area (Å²) in [6.07, 6.45) is 11.0. The first kappa shape index (κ1) is 24.0. The molecule has 0 amide bonds. The molecule has 0 saturated heterocycles. The summed E-state index contributed by atoms with van der Waals surface area (Å²) in [5.41, 5.74) is 3.20. The zero-order valence-electron chi connectivity index (χ0n) is 16.9. The molecular formula is C20H35O4P. The van der Waals surface area contributed by atoms with Gasteiger partial charge in [0.15, 0.2) is 0 Å². The van der Waals surface area contributed by atoms with Crippen molar-refractivity contribution in [3.63, 3.8) is 0 Å². The minimum absolute atomic E-state index is 0.175. The molecule has 0 aromatic heterocycles. The van der Waals surface area contributed by atoms with Crippen LogP contribution in [0.1, 0.15) is 66.7 Å². The van der Waals surface area contributed by atoms with Crippen LogP contribution in [-0.4, -0.2) is 25.7 Å². The van der Waals surface area contributed by atoms with Gasteiger partial charge < -0.3 is 9.05 Å². The maximum absolute atomic E-state index is 12.4. The summed E-state index contributed by atoms with van der Waals surface area (Å²) >= 11 is 0. The van der Waals surface area contributed by atoms with Gasteiger partial charge in [0.05, 0.1) is 0 Å². The van der Waals surface area contributed by atoms with Crippen molar-refractivity contribution in [1.29, 1.82) is 0 Å². The van der Waals surface area contributed by atoms with E-state index in [-0.39, 0.29) is 5.78 Å². The molecule has 0 aromatic carbocycles. The summed E-state index contributed by atoms with van der Waals surface area (Å²) in [6.45, 7) is 9.86. The number of carbonyl (C=O) groups excluding carboxylic acids is 1. The van der Waals surface area contributed by atoms with Crippen molar-refractivity contribution in [2.75, 3.05) is 14.2 Å². The van der Waals surface area contributed by atoms with E-state index in [4.69, 9.17) is 9.05 Å². The van der Waals surface area contributed by atoms with Crippen LogP contribution in [0.3, 0.4) is 0 Å². The Balaban J connectivity index is 4.59. The van der Waals surface area contributed by atoms with Crippen LogP contribution in [0.5, 0.6) is 0 Å². The Kier molecular flexibility index (Phi) is 11.9. The standard InChI is InChI=1S/C20H35O4P/c1-16(2)10-8-11-17(3)12-9-13-18(4)14-15-20(19(5)21)25(22,23-6)24-7/h10,12,14,20H,8-9,11,13,15H2,1-7H3. The van der Waals surface area contributed by atoms with E-state index in [2.05, 4.69) is 32.9 Å². The highest BCUT2D eigenvalue weighted by atomic mass is 31.2. The predicted octanol–water partition coefficient (Wildman–Crippen LogP) is 6.24. The predicted molar refractivity (Wildman–Crippen MR) is 106 cm³/mol. The van der Waals surface area contributed by atoms with Gasteiger partial charge in [-0.1, -0.05) is 34.9 Å². The highest BCUT2D eigenvalue weighted by Crippen LogP contribution is 2.53. The van der Waals surface area contributed by atoms with Crippen LogP contribution in [0.4, 0.5) is 0 Å². The second-order valence-corrected chi connectivity index (χ2v) is 9.16. The van der Waals surface area contributed by atoms with Crippen LogP contribution in [-0.2, 0) is 18.4 Å². The molecule has 0 heterocycles. The molecule has 0 rings (SSSR count). The van der Waals surface area contributed by atoms with Crippen molar-refractivity contribution < 1.29 is 18.4 Å². The average molecular weight is 370 g/mol. The summed E-state index contributed by atoms with van der Waals surface area (Å²) in [5, 5.41) is 0. The van der Waals surface area contributed by atoms with E-state index in [0.717, 1.165) is 25.7 Å². The van der Waals surface area contributed by atoms with E-state index in [1.165, 1.54) is 37.9 Å². The van der Waals surface area contributed by atoms with E-state index in [1.807, 2.05) is 13.0 Å². The van der Waals surface area contributed by atoms with Crippen molar-refractivity contribution in [2.24, 2.45) is 0 Å². The molecule has 25 heavy (non-hydrogen) atoms. The van der Waals surface area contributed by atoms with Gasteiger partial charge in [-0.2, -0.15) is 0 Å². The Morgan fingerprint density at radius 2 is 1.36 bits per heavy atom. The molecule has 0 spiro atoms. The monoisotopic (exact) mass is 370 g/mol. The SMILES string of the molecule is COP(=O)(OC)C(CC=C(C)CCC=C(C)CCC=C(C)C)C(C)=O. The van der Waals surface area contributed by atoms with E-state index in [1.54, 1.807) is 0 Å². The second kappa shape index (κ2) is 12.4. The third-order valence-corrected chi connectivity index (χ3v) is 6.53. The molecule has 0 radical (unpaired) electrons. The Hall–Kier alpha value is -0.960. The summed E-state index contributed by atoms with van der Waals surface area (Å²) in [6, 6.07) is 0. The minimum Gasteiger partial charge on any atom is -0.311 e. The first-order valence-corrected chi connectivity index (χ1v) is 10.4. The fourth-order valence-electron chi connectivity index (χ4n) is 2.50. The normalized spacial score (nSPS) is 14.4. The van der Waals surface area contributed by atoms with Crippen molar-refractivity contribution in [1.82, 2.24) is 0 Å². The quantitative estimate of drug-likeness (QED) is 0.301. The smallest absolute Gasteiger partial charge is 0.311 e. The molecule has 5 heteroatoms. The van der Waals surface area contributed by atoms with Gasteiger partial charge in [-0.3, -0.25) is 9.36 Å². The van der Waals surface area contributed by atoms with Crippen LogP contribution >= 0.6 is 7.60 Å². The molecular weight excluding hydrogens is 335 g/mol. The summed E-state index contributed by atoms with van der Waals surface area (Å²) in [7, 11) is -0.739. The lowest BCUT2D eigenvalue weighted by Gasteiger charge is -2.21. The maximum atomic E-state index is 12.4. The van der Waals surface area contributed by atoms with Crippen molar-refractivity contribution in [2.45, 2.75) is 72.4 Å². The Morgan fingerprint density at radius 3 is 1.80 bits per heavy atom. The van der Waals surface area contributed by atoms with Crippen LogP contribution in [0.2, 0.25) is 0 Å². The van der Waals surface area contributed by atoms with E-state index in [9.17, 15) is 9.36 Å². The number of carbonyl (C=O) groups is 1. The Bertz CT molecular complexity index is 546. The number of hydrogen-bond donors (Lipinski definition) is 0. The third-order valence-electron chi connectivity index (χ3n) is 4.17. The van der Waals surface area contributed by atoms with Gasteiger partial charge in [0.1, 0.15) is 11.4 Å². The molecule has 0 bridgehead atoms. The zero-order valence-corrected chi connectivity index (χ0v) is 17.8. The minimum atomic E-state index is -3.38. The molecule has 0 aliphatic heterocycles. The van der Waals surface area contributed by atoms with Gasteiger partial charge in [0.2, 0.25) is 0 Å². The number of Topliss-reactive ketones (excluding diaryl/α,β-unsaturated/α-hetero) is 1. The van der Waals surface area contributed by atoms with Crippen LogP contribution in [0, 0.1) is 0 Å². The maximum Gasteiger partial charge on any atom is 0.340 e. The highest BCUT2D eigenvalue weighted by molar-refractivity contribution is 7.55. The van der Waals surface area contributed by atoms with Gasteiger partial charge in [-0.15, -0.1) is 0 Å². The molecule has 4 nitrogen and oxygen atoms in total. The van der Waals surface area contributed by atoms with Crippen LogP contribution < -0.4 is 0 Å². The number of rotatable bonds is 12. The van der Waals surface area contributed by atoms with Crippen molar-refractivity contribution in [3.8, 4) is 0 Å². The molecule has 0 aliphatic rings. The largest absolute Gasteiger partial charge is 0.340 e. The molecule has 0 fully saturated rings. The Labute approximate surface area is 153 Å². The fourth-order valence-corrected chi connectivity index (χ4v) is 3.97. The second-order valence-electron chi connectivity index (χ2n) is 6.73. The summed E-state index contributed by atoms with van der Waals surface area (Å²) < 4.78 is 22.4. The van der Waals surface area contributed by atoms with E-state index < -0.39 is 13.3 Å². The van der Waals surface area contributed by atoms with E-state index in [0.29, 0.717) is 6.42 Å². The lowest BCUT2D eigenvalue weighted by molar-refractivity contribution is -0.116. The topological polar surface area (TPSA) is 52.6 Å². The van der Waals surface area contributed by atoms with Crippen molar-refractivity contribution in [3.05, 3.63) is 34.9 Å². The molecule has 144 valence electrons. The van der Waals surface area contributed by atoms with Gasteiger partial charge in [0, 0.05) is 14.2 Å². The molecule has 0 aliphatic carbocycles. The summed E-state index contributed by atoms with van der Waals surface area (Å²) in [5.74, 6) is -0.175. The molecule has 1 unspecified atom stereocenters. The average Bonchev–Trinajstić information content (AvgIpc) is 2.53. The number of allylic oxidation sites excluding steroid dienone is 6. The molecule has 0 saturated carbocycles. The van der Waals surface area contributed by atoms with Crippen LogP contribution in [0.25, 0.3) is 0 Å². The third kappa shape index (κ3) is 9.94. The van der Waals surface area contributed by atoms with Crippen molar-refractivity contribution >= 4 is 13.4 Å². The van der Waals surface area contributed by atoms with Gasteiger partial charge in [0.25, 0.3) is 0 Å². The lowest BCUT2D eigenvalue weighted by Crippen LogP contribution is -2.19. The fraction of sp³-hybridized carbons (Fsp3) is 0.650. The molecule has 1 atom stereocenters. The van der Waals surface area contributed by atoms with Crippen LogP contribution in [0.15, 0.2) is 34.9 Å². The number of ketones is 1. The first-order valence-electron chi connectivity index (χ1n) is 8.82. The number of hydrogen-bond acceptors (Lipinski definition) is 4.